The summed E-state index contributed by atoms with van der Waals surface area (Å²) in [5, 5.41) is 6.13. The molecule has 4 heterocycles. The number of piperazine rings is 1. The SMILES string of the molecule is CN1CCN(c2ccc(Nc3ncc4c(n3)N(C3CCCC3)C3(CCNC3=O)C4)c(F)c2)CC1. The molecule has 180 valence electrons. The van der Waals surface area contributed by atoms with Gasteiger partial charge in [-0.25, -0.2) is 9.37 Å². The van der Waals surface area contributed by atoms with Crippen molar-refractivity contribution in [1.29, 1.82) is 0 Å². The first-order chi connectivity index (χ1) is 16.5. The third kappa shape index (κ3) is 3.57. The standard InChI is InChI=1S/C25H32FN7O/c1-31-10-12-32(13-11-31)19-6-7-21(20(26)14-19)29-24-28-16-17-15-25(8-9-27-23(25)34)33(22(17)30-24)18-4-2-3-5-18/h6-7,14,16,18H,2-5,8-13,15H2,1H3,(H,27,34)(H,28,29,30). The summed E-state index contributed by atoms with van der Waals surface area (Å²) in [5.74, 6) is 0.969. The van der Waals surface area contributed by atoms with Gasteiger partial charge in [-0.2, -0.15) is 4.98 Å². The second-order valence-corrected chi connectivity index (χ2v) is 10.1. The Bertz CT molecular complexity index is 1100. The fourth-order valence-electron chi connectivity index (χ4n) is 6.13. The molecule has 1 amide bonds. The van der Waals surface area contributed by atoms with Crippen molar-refractivity contribution < 1.29 is 9.18 Å². The minimum Gasteiger partial charge on any atom is -0.369 e. The van der Waals surface area contributed by atoms with E-state index in [1.807, 2.05) is 12.3 Å². The number of rotatable bonds is 4. The Morgan fingerprint density at radius 3 is 2.68 bits per heavy atom. The lowest BCUT2D eigenvalue weighted by atomic mass is 9.91. The average Bonchev–Trinajstić information content (AvgIpc) is 3.55. The van der Waals surface area contributed by atoms with Crippen molar-refractivity contribution >= 4 is 29.0 Å². The molecule has 2 aromatic rings. The van der Waals surface area contributed by atoms with E-state index in [1.54, 1.807) is 12.1 Å². The van der Waals surface area contributed by atoms with Crippen LogP contribution in [0.4, 0.5) is 27.5 Å². The van der Waals surface area contributed by atoms with E-state index in [0.717, 1.165) is 62.5 Å². The molecule has 4 aliphatic rings. The van der Waals surface area contributed by atoms with Gasteiger partial charge in [0.05, 0.1) is 5.69 Å². The van der Waals surface area contributed by atoms with Crippen LogP contribution in [-0.4, -0.2) is 72.1 Å². The molecule has 1 aliphatic carbocycles. The smallest absolute Gasteiger partial charge is 0.246 e. The molecule has 1 atom stereocenters. The van der Waals surface area contributed by atoms with Crippen LogP contribution in [0.3, 0.4) is 0 Å². The minimum atomic E-state index is -0.556. The molecule has 9 heteroatoms. The lowest BCUT2D eigenvalue weighted by Gasteiger charge is -2.38. The van der Waals surface area contributed by atoms with E-state index in [9.17, 15) is 4.79 Å². The summed E-state index contributed by atoms with van der Waals surface area (Å²) >= 11 is 0. The Labute approximate surface area is 199 Å². The number of likely N-dealkylation sites (N-methyl/N-ethyl adjacent to an activating group) is 1. The number of hydrogen-bond acceptors (Lipinski definition) is 7. The second kappa shape index (κ2) is 8.37. The lowest BCUT2D eigenvalue weighted by Crippen LogP contribution is -2.56. The van der Waals surface area contributed by atoms with Gasteiger partial charge in [-0.15, -0.1) is 0 Å². The predicted octanol–water partition coefficient (Wildman–Crippen LogP) is 2.67. The predicted molar refractivity (Wildman–Crippen MR) is 130 cm³/mol. The molecular formula is C25H32FN7O. The summed E-state index contributed by atoms with van der Waals surface area (Å²) in [4.78, 5) is 29.0. The number of aromatic nitrogens is 2. The van der Waals surface area contributed by atoms with Gasteiger partial charge in [0, 0.05) is 62.6 Å². The van der Waals surface area contributed by atoms with E-state index in [4.69, 9.17) is 4.98 Å². The number of carbonyl (C=O) groups is 1. The maximum atomic E-state index is 15.0. The normalized spacial score (nSPS) is 25.3. The first kappa shape index (κ1) is 21.6. The molecule has 1 spiro atoms. The molecule has 3 aliphatic heterocycles. The topological polar surface area (TPSA) is 76.6 Å². The van der Waals surface area contributed by atoms with Crippen molar-refractivity contribution in [1.82, 2.24) is 20.2 Å². The third-order valence-electron chi connectivity index (χ3n) is 8.02. The van der Waals surface area contributed by atoms with Gasteiger partial charge >= 0.3 is 0 Å². The van der Waals surface area contributed by atoms with Crippen molar-refractivity contribution in [2.45, 2.75) is 50.1 Å². The van der Waals surface area contributed by atoms with Gasteiger partial charge in [-0.1, -0.05) is 12.8 Å². The largest absolute Gasteiger partial charge is 0.369 e. The van der Waals surface area contributed by atoms with E-state index in [2.05, 4.69) is 37.4 Å². The maximum Gasteiger partial charge on any atom is 0.246 e. The van der Waals surface area contributed by atoms with Crippen LogP contribution in [0, 0.1) is 5.82 Å². The van der Waals surface area contributed by atoms with E-state index < -0.39 is 5.54 Å². The Morgan fingerprint density at radius 1 is 1.18 bits per heavy atom. The van der Waals surface area contributed by atoms with Crippen LogP contribution in [0.15, 0.2) is 24.4 Å². The van der Waals surface area contributed by atoms with Gasteiger partial charge in [-0.3, -0.25) is 4.79 Å². The Hall–Kier alpha value is -2.94. The van der Waals surface area contributed by atoms with Crippen LogP contribution in [0.1, 0.15) is 37.7 Å². The summed E-state index contributed by atoms with van der Waals surface area (Å²) < 4.78 is 15.0. The second-order valence-electron chi connectivity index (χ2n) is 10.1. The van der Waals surface area contributed by atoms with E-state index in [1.165, 1.54) is 12.8 Å². The van der Waals surface area contributed by atoms with Crippen molar-refractivity contribution in [3.8, 4) is 0 Å². The van der Waals surface area contributed by atoms with Crippen molar-refractivity contribution in [3.05, 3.63) is 35.8 Å². The molecule has 34 heavy (non-hydrogen) atoms. The number of fused-ring (bicyclic) bond motifs is 1. The first-order valence-electron chi connectivity index (χ1n) is 12.5. The Balaban J connectivity index is 1.26. The molecule has 1 unspecified atom stereocenters. The summed E-state index contributed by atoms with van der Waals surface area (Å²) in [6.07, 6.45) is 7.73. The van der Waals surface area contributed by atoms with E-state index in [0.29, 0.717) is 30.6 Å². The molecule has 1 aromatic heterocycles. The van der Waals surface area contributed by atoms with Crippen molar-refractivity contribution in [2.24, 2.45) is 0 Å². The van der Waals surface area contributed by atoms with Gasteiger partial charge < -0.3 is 25.3 Å². The van der Waals surface area contributed by atoms with Gasteiger partial charge in [-0.05, 0) is 44.5 Å². The van der Waals surface area contributed by atoms with Crippen LogP contribution in [-0.2, 0) is 11.2 Å². The van der Waals surface area contributed by atoms with Gasteiger partial charge in [0.25, 0.3) is 0 Å². The summed E-state index contributed by atoms with van der Waals surface area (Å²) in [6, 6.07) is 5.61. The summed E-state index contributed by atoms with van der Waals surface area (Å²) in [5.41, 5.74) is 1.70. The fraction of sp³-hybridized carbons (Fsp3) is 0.560. The first-order valence-corrected chi connectivity index (χ1v) is 12.5. The zero-order chi connectivity index (χ0) is 23.3. The quantitative estimate of drug-likeness (QED) is 0.719. The van der Waals surface area contributed by atoms with Crippen LogP contribution < -0.4 is 20.4 Å². The third-order valence-corrected chi connectivity index (χ3v) is 8.02. The molecule has 1 aromatic carbocycles. The number of halogens is 1. The molecular weight excluding hydrogens is 433 g/mol. The van der Waals surface area contributed by atoms with Gasteiger partial charge in [0.2, 0.25) is 11.9 Å². The zero-order valence-electron chi connectivity index (χ0n) is 19.7. The minimum absolute atomic E-state index is 0.0949. The lowest BCUT2D eigenvalue weighted by molar-refractivity contribution is -0.123. The molecule has 0 radical (unpaired) electrons. The van der Waals surface area contributed by atoms with Crippen LogP contribution >= 0.6 is 0 Å². The van der Waals surface area contributed by atoms with Crippen LogP contribution in [0.2, 0.25) is 0 Å². The van der Waals surface area contributed by atoms with Crippen molar-refractivity contribution in [2.75, 3.05) is 54.9 Å². The van der Waals surface area contributed by atoms with Crippen LogP contribution in [0.5, 0.6) is 0 Å². The number of carbonyl (C=O) groups excluding carboxylic acids is 1. The monoisotopic (exact) mass is 465 g/mol. The molecule has 0 bridgehead atoms. The van der Waals surface area contributed by atoms with Crippen molar-refractivity contribution in [3.63, 3.8) is 0 Å². The van der Waals surface area contributed by atoms with Crippen LogP contribution in [0.25, 0.3) is 0 Å². The summed E-state index contributed by atoms with van der Waals surface area (Å²) in [7, 11) is 2.11. The highest BCUT2D eigenvalue weighted by atomic mass is 19.1. The average molecular weight is 466 g/mol. The number of nitrogens with one attached hydrogen (secondary N) is 2. The van der Waals surface area contributed by atoms with E-state index >= 15 is 4.39 Å². The number of nitrogens with zero attached hydrogens (tertiary/aromatic N) is 5. The molecule has 1 saturated carbocycles. The molecule has 2 saturated heterocycles. The molecule has 8 nitrogen and oxygen atoms in total. The number of amides is 1. The zero-order valence-corrected chi connectivity index (χ0v) is 19.7. The highest BCUT2D eigenvalue weighted by Gasteiger charge is 2.55. The molecule has 3 fully saturated rings. The highest BCUT2D eigenvalue weighted by Crippen LogP contribution is 2.46. The number of anilines is 4. The Morgan fingerprint density at radius 2 is 1.97 bits per heavy atom. The van der Waals surface area contributed by atoms with E-state index in [-0.39, 0.29) is 11.7 Å². The van der Waals surface area contributed by atoms with Gasteiger partial charge in [0.15, 0.2) is 0 Å². The molecule has 6 rings (SSSR count). The van der Waals surface area contributed by atoms with Gasteiger partial charge in [0.1, 0.15) is 17.2 Å². The maximum absolute atomic E-state index is 15.0. The number of hydrogen-bond donors (Lipinski definition) is 2. The Kier molecular flexibility index (Phi) is 5.32. The summed E-state index contributed by atoms with van der Waals surface area (Å²) in [6.45, 7) is 4.43. The molecule has 2 N–H and O–H groups in total. The highest BCUT2D eigenvalue weighted by molar-refractivity contribution is 5.94. The number of benzene rings is 1. The fourth-order valence-corrected chi connectivity index (χ4v) is 6.13.